The smallest absolute Gasteiger partial charge is 0.222 e. The lowest BCUT2D eigenvalue weighted by molar-refractivity contribution is 0.413. The summed E-state index contributed by atoms with van der Waals surface area (Å²) in [6.45, 7) is 0. The minimum absolute atomic E-state index is 0.330. The monoisotopic (exact) mass is 252 g/mol. The van der Waals surface area contributed by atoms with Gasteiger partial charge in [-0.05, 0) is 42.6 Å². The molecule has 0 spiro atoms. The maximum atomic E-state index is 6.01. The summed E-state index contributed by atoms with van der Waals surface area (Å²) in [4.78, 5) is 8.57. The maximum absolute atomic E-state index is 6.01. The Bertz CT molecular complexity index is 550. The van der Waals surface area contributed by atoms with Gasteiger partial charge in [-0.1, -0.05) is 18.0 Å². The van der Waals surface area contributed by atoms with Gasteiger partial charge in [0.05, 0.1) is 11.2 Å². The van der Waals surface area contributed by atoms with Crippen LogP contribution in [0.4, 0.5) is 0 Å². The predicted molar refractivity (Wildman–Crippen MR) is 66.2 cm³/mol. The lowest BCUT2D eigenvalue weighted by Gasteiger charge is -2.25. The van der Waals surface area contributed by atoms with Crippen LogP contribution in [0.25, 0.3) is 10.9 Å². The number of fused-ring (bicyclic) bond motifs is 1. The third-order valence-corrected chi connectivity index (χ3v) is 3.56. The molecule has 0 amide bonds. The van der Waals surface area contributed by atoms with E-state index in [4.69, 9.17) is 23.2 Å². The first-order valence-corrected chi connectivity index (χ1v) is 6.12. The van der Waals surface area contributed by atoms with Gasteiger partial charge in [-0.15, -0.1) is 0 Å². The second-order valence-corrected chi connectivity index (χ2v) is 4.94. The van der Waals surface area contributed by atoms with Crippen LogP contribution in [0.1, 0.15) is 30.9 Å². The predicted octanol–water partition coefficient (Wildman–Crippen LogP) is 4.20. The first-order chi connectivity index (χ1) is 7.74. The number of aromatic nitrogens is 2. The molecular formula is C12H10Cl2N2. The zero-order chi connectivity index (χ0) is 11.1. The summed E-state index contributed by atoms with van der Waals surface area (Å²) in [5.74, 6) is 0.529. The van der Waals surface area contributed by atoms with Gasteiger partial charge in [0, 0.05) is 16.3 Å². The molecule has 16 heavy (non-hydrogen) atoms. The summed E-state index contributed by atoms with van der Waals surface area (Å²) in [7, 11) is 0. The van der Waals surface area contributed by atoms with E-state index < -0.39 is 0 Å². The molecular weight excluding hydrogens is 243 g/mol. The van der Waals surface area contributed by atoms with Gasteiger partial charge in [0.25, 0.3) is 0 Å². The molecule has 0 unspecified atom stereocenters. The third-order valence-electron chi connectivity index (χ3n) is 3.15. The van der Waals surface area contributed by atoms with E-state index in [-0.39, 0.29) is 0 Å². The number of benzene rings is 1. The van der Waals surface area contributed by atoms with Crippen molar-refractivity contribution in [1.29, 1.82) is 0 Å². The van der Waals surface area contributed by atoms with Crippen LogP contribution in [0, 0.1) is 0 Å². The summed E-state index contributed by atoms with van der Waals surface area (Å²) in [5, 5.41) is 2.09. The van der Waals surface area contributed by atoms with E-state index in [2.05, 4.69) is 9.97 Å². The van der Waals surface area contributed by atoms with Crippen molar-refractivity contribution in [3.8, 4) is 0 Å². The van der Waals surface area contributed by atoms with Gasteiger partial charge in [0.2, 0.25) is 5.28 Å². The molecule has 1 heterocycles. The Balaban J connectivity index is 2.26. The number of hydrogen-bond acceptors (Lipinski definition) is 2. The highest BCUT2D eigenvalue weighted by Gasteiger charge is 2.23. The van der Waals surface area contributed by atoms with Gasteiger partial charge in [-0.2, -0.15) is 0 Å². The molecule has 1 fully saturated rings. The summed E-state index contributed by atoms with van der Waals surface area (Å²) >= 11 is 11.9. The van der Waals surface area contributed by atoms with Crippen molar-refractivity contribution in [1.82, 2.24) is 9.97 Å². The third kappa shape index (κ3) is 1.66. The number of halogens is 2. The van der Waals surface area contributed by atoms with Crippen molar-refractivity contribution < 1.29 is 0 Å². The van der Waals surface area contributed by atoms with Crippen LogP contribution in [-0.2, 0) is 0 Å². The number of rotatable bonds is 1. The van der Waals surface area contributed by atoms with Crippen molar-refractivity contribution >= 4 is 34.1 Å². The molecule has 1 aliphatic rings. The van der Waals surface area contributed by atoms with Crippen molar-refractivity contribution in [2.75, 3.05) is 0 Å². The van der Waals surface area contributed by atoms with Gasteiger partial charge in [-0.25, -0.2) is 9.97 Å². The topological polar surface area (TPSA) is 25.8 Å². The average Bonchev–Trinajstić information content (AvgIpc) is 2.16. The molecule has 1 aliphatic carbocycles. The van der Waals surface area contributed by atoms with Crippen LogP contribution in [-0.4, -0.2) is 9.97 Å². The second kappa shape index (κ2) is 3.86. The van der Waals surface area contributed by atoms with E-state index in [0.29, 0.717) is 11.2 Å². The highest BCUT2D eigenvalue weighted by Crippen LogP contribution is 2.39. The van der Waals surface area contributed by atoms with E-state index in [1.807, 2.05) is 18.2 Å². The molecule has 0 bridgehead atoms. The first-order valence-electron chi connectivity index (χ1n) is 5.37. The zero-order valence-corrected chi connectivity index (χ0v) is 10.1. The number of nitrogens with zero attached hydrogens (tertiary/aromatic N) is 2. The summed E-state index contributed by atoms with van der Waals surface area (Å²) in [5.41, 5.74) is 1.94. The van der Waals surface area contributed by atoms with Crippen LogP contribution in [0.2, 0.25) is 10.3 Å². The van der Waals surface area contributed by atoms with Gasteiger partial charge in [-0.3, -0.25) is 0 Å². The van der Waals surface area contributed by atoms with Crippen molar-refractivity contribution in [2.45, 2.75) is 25.2 Å². The first kappa shape index (κ1) is 10.3. The Labute approximate surface area is 104 Å². The van der Waals surface area contributed by atoms with E-state index in [1.54, 1.807) is 0 Å². The van der Waals surface area contributed by atoms with Crippen molar-refractivity contribution in [2.24, 2.45) is 0 Å². The Morgan fingerprint density at radius 2 is 1.94 bits per heavy atom. The lowest BCUT2D eigenvalue weighted by Crippen LogP contribution is -2.11. The molecule has 1 aromatic carbocycles. The van der Waals surface area contributed by atoms with E-state index in [1.165, 1.54) is 19.3 Å². The standard InChI is InChI=1S/C12H10Cl2N2/c13-8-4-5-10-9(6-8)11(7-2-1-3-7)16-12(14)15-10/h4-7H,1-3H2. The quantitative estimate of drug-likeness (QED) is 0.711. The second-order valence-electron chi connectivity index (χ2n) is 4.17. The van der Waals surface area contributed by atoms with Gasteiger partial charge >= 0.3 is 0 Å². The van der Waals surface area contributed by atoms with Crippen LogP contribution >= 0.6 is 23.2 Å². The fourth-order valence-electron chi connectivity index (χ4n) is 2.09. The highest BCUT2D eigenvalue weighted by atomic mass is 35.5. The molecule has 3 rings (SSSR count). The largest absolute Gasteiger partial charge is 0.223 e. The van der Waals surface area contributed by atoms with Crippen LogP contribution in [0.5, 0.6) is 0 Å². The van der Waals surface area contributed by atoms with E-state index in [9.17, 15) is 0 Å². The van der Waals surface area contributed by atoms with Gasteiger partial charge in [0.15, 0.2) is 0 Å². The molecule has 82 valence electrons. The molecule has 0 N–H and O–H groups in total. The molecule has 4 heteroatoms. The minimum Gasteiger partial charge on any atom is -0.222 e. The van der Waals surface area contributed by atoms with Crippen molar-refractivity contribution in [3.05, 3.63) is 34.2 Å². The molecule has 2 aromatic rings. The molecule has 1 aromatic heterocycles. The van der Waals surface area contributed by atoms with Gasteiger partial charge in [0.1, 0.15) is 0 Å². The van der Waals surface area contributed by atoms with E-state index >= 15 is 0 Å². The highest BCUT2D eigenvalue weighted by molar-refractivity contribution is 6.31. The SMILES string of the molecule is Clc1ccc2nc(Cl)nc(C3CCC3)c2c1. The average molecular weight is 253 g/mol. The maximum Gasteiger partial charge on any atom is 0.223 e. The molecule has 0 radical (unpaired) electrons. The molecule has 1 saturated carbocycles. The van der Waals surface area contributed by atoms with Gasteiger partial charge < -0.3 is 0 Å². The Hall–Kier alpha value is -0.860. The normalized spacial score (nSPS) is 16.4. The van der Waals surface area contributed by atoms with Crippen LogP contribution < -0.4 is 0 Å². The molecule has 0 saturated heterocycles. The summed E-state index contributed by atoms with van der Waals surface area (Å²) in [6, 6.07) is 5.66. The van der Waals surface area contributed by atoms with Crippen LogP contribution in [0.15, 0.2) is 18.2 Å². The lowest BCUT2D eigenvalue weighted by atomic mass is 9.81. The fourth-order valence-corrected chi connectivity index (χ4v) is 2.44. The number of hydrogen-bond donors (Lipinski definition) is 0. The summed E-state index contributed by atoms with van der Waals surface area (Å²) < 4.78 is 0. The Kier molecular flexibility index (Phi) is 2.49. The molecule has 0 atom stereocenters. The van der Waals surface area contributed by atoms with E-state index in [0.717, 1.165) is 21.6 Å². The molecule has 2 nitrogen and oxygen atoms in total. The fraction of sp³-hybridized carbons (Fsp3) is 0.333. The Morgan fingerprint density at radius 1 is 1.12 bits per heavy atom. The zero-order valence-electron chi connectivity index (χ0n) is 8.58. The van der Waals surface area contributed by atoms with Crippen molar-refractivity contribution in [3.63, 3.8) is 0 Å². The summed E-state index contributed by atoms with van der Waals surface area (Å²) in [6.07, 6.45) is 3.65. The minimum atomic E-state index is 0.330. The van der Waals surface area contributed by atoms with Crippen LogP contribution in [0.3, 0.4) is 0 Å². The Morgan fingerprint density at radius 3 is 2.62 bits per heavy atom. The molecule has 0 aliphatic heterocycles.